The molecule has 4 amide bonds. The Balaban J connectivity index is 1.55. The molecule has 1 spiro atoms. The summed E-state index contributed by atoms with van der Waals surface area (Å²) in [7, 11) is 0. The number of likely N-dealkylation sites (tertiary alicyclic amines) is 1. The topological polar surface area (TPSA) is 90.5 Å². The van der Waals surface area contributed by atoms with Crippen LogP contribution in [-0.4, -0.2) is 54.5 Å². The minimum atomic E-state index is -0.915. The van der Waals surface area contributed by atoms with Gasteiger partial charge in [-0.25, -0.2) is 4.79 Å². The molecule has 3 rings (SSSR count). The van der Waals surface area contributed by atoms with Gasteiger partial charge in [0.25, 0.3) is 5.91 Å². The average molecular weight is 280 g/mol. The lowest BCUT2D eigenvalue weighted by molar-refractivity contribution is -0.135. The van der Waals surface area contributed by atoms with Crippen molar-refractivity contribution in [1.82, 2.24) is 20.9 Å². The average Bonchev–Trinajstić information content (AvgIpc) is 3.18. The highest BCUT2D eigenvalue weighted by Gasteiger charge is 2.49. The SMILES string of the molecule is O=C1NC(=O)C2(CCCN(C(=O)CNCC3CC3)C2)N1. The lowest BCUT2D eigenvalue weighted by Gasteiger charge is -2.38. The minimum Gasteiger partial charge on any atom is -0.339 e. The monoisotopic (exact) mass is 280 g/mol. The zero-order valence-electron chi connectivity index (χ0n) is 11.4. The molecule has 2 aliphatic heterocycles. The maximum Gasteiger partial charge on any atom is 0.322 e. The maximum atomic E-state index is 12.1. The highest BCUT2D eigenvalue weighted by Crippen LogP contribution is 2.27. The van der Waals surface area contributed by atoms with Gasteiger partial charge in [-0.15, -0.1) is 0 Å². The third-order valence-corrected chi connectivity index (χ3v) is 4.27. The molecule has 3 N–H and O–H groups in total. The normalized spacial score (nSPS) is 29.5. The van der Waals surface area contributed by atoms with Crippen LogP contribution < -0.4 is 16.0 Å². The number of urea groups is 1. The molecule has 20 heavy (non-hydrogen) atoms. The van der Waals surface area contributed by atoms with Gasteiger partial charge in [0, 0.05) is 6.54 Å². The standard InChI is InChI=1S/C13H20N4O3/c18-10(7-14-6-9-2-3-9)17-5-1-4-13(8-17)11(19)15-12(20)16-13/h9,14H,1-8H2,(H2,15,16,19,20). The summed E-state index contributed by atoms with van der Waals surface area (Å²) in [6.07, 6.45) is 3.81. The summed E-state index contributed by atoms with van der Waals surface area (Å²) in [6.45, 7) is 2.12. The van der Waals surface area contributed by atoms with E-state index in [0.717, 1.165) is 18.9 Å². The smallest absolute Gasteiger partial charge is 0.322 e. The first-order chi connectivity index (χ1) is 9.59. The second kappa shape index (κ2) is 5.05. The van der Waals surface area contributed by atoms with Gasteiger partial charge in [0.1, 0.15) is 5.54 Å². The highest BCUT2D eigenvalue weighted by atomic mass is 16.2. The Kier molecular flexibility index (Phi) is 3.37. The van der Waals surface area contributed by atoms with Gasteiger partial charge in [0.15, 0.2) is 0 Å². The van der Waals surface area contributed by atoms with Crippen LogP contribution >= 0.6 is 0 Å². The zero-order chi connectivity index (χ0) is 14.2. The van der Waals surface area contributed by atoms with Crippen LogP contribution in [-0.2, 0) is 9.59 Å². The number of nitrogens with zero attached hydrogens (tertiary/aromatic N) is 1. The number of imide groups is 1. The van der Waals surface area contributed by atoms with Crippen molar-refractivity contribution >= 4 is 17.8 Å². The van der Waals surface area contributed by atoms with Gasteiger partial charge < -0.3 is 15.5 Å². The molecule has 3 fully saturated rings. The summed E-state index contributed by atoms with van der Waals surface area (Å²) in [5.41, 5.74) is -0.915. The molecular formula is C13H20N4O3. The van der Waals surface area contributed by atoms with Crippen molar-refractivity contribution in [2.24, 2.45) is 5.92 Å². The fourth-order valence-corrected chi connectivity index (χ4v) is 2.90. The van der Waals surface area contributed by atoms with Crippen molar-refractivity contribution in [1.29, 1.82) is 0 Å². The third kappa shape index (κ3) is 2.63. The van der Waals surface area contributed by atoms with Crippen LogP contribution in [0.4, 0.5) is 4.79 Å². The summed E-state index contributed by atoms with van der Waals surface area (Å²) >= 11 is 0. The van der Waals surface area contributed by atoms with Crippen LogP contribution in [0, 0.1) is 5.92 Å². The van der Waals surface area contributed by atoms with Crippen LogP contribution in [0.2, 0.25) is 0 Å². The Morgan fingerprint density at radius 1 is 1.40 bits per heavy atom. The Morgan fingerprint density at radius 3 is 2.85 bits per heavy atom. The van der Waals surface area contributed by atoms with Crippen LogP contribution in [0.15, 0.2) is 0 Å². The fraction of sp³-hybridized carbons (Fsp3) is 0.769. The number of rotatable bonds is 4. The number of hydrogen-bond acceptors (Lipinski definition) is 4. The first-order valence-corrected chi connectivity index (χ1v) is 7.21. The van der Waals surface area contributed by atoms with E-state index in [0.29, 0.717) is 19.5 Å². The van der Waals surface area contributed by atoms with E-state index in [1.165, 1.54) is 12.8 Å². The number of amides is 4. The van der Waals surface area contributed by atoms with Crippen LogP contribution in [0.5, 0.6) is 0 Å². The van der Waals surface area contributed by atoms with Crippen molar-refractivity contribution in [3.8, 4) is 0 Å². The van der Waals surface area contributed by atoms with Gasteiger partial charge in [-0.2, -0.15) is 0 Å². The largest absolute Gasteiger partial charge is 0.339 e. The fourth-order valence-electron chi connectivity index (χ4n) is 2.90. The van der Waals surface area contributed by atoms with Crippen LogP contribution in [0.1, 0.15) is 25.7 Å². The molecule has 3 aliphatic rings. The summed E-state index contributed by atoms with van der Waals surface area (Å²) in [4.78, 5) is 37.0. The predicted octanol–water partition coefficient (Wildman–Crippen LogP) is -0.813. The number of carbonyl (C=O) groups excluding carboxylic acids is 3. The summed E-state index contributed by atoms with van der Waals surface area (Å²) in [5, 5.41) is 8.10. The second-order valence-electron chi connectivity index (χ2n) is 5.98. The predicted molar refractivity (Wildman–Crippen MR) is 70.8 cm³/mol. The Bertz CT molecular complexity index is 449. The molecular weight excluding hydrogens is 260 g/mol. The lowest BCUT2D eigenvalue weighted by atomic mass is 9.89. The number of nitrogens with one attached hydrogen (secondary N) is 3. The van der Waals surface area contributed by atoms with Gasteiger partial charge in [0.05, 0.1) is 13.1 Å². The Hall–Kier alpha value is -1.63. The van der Waals surface area contributed by atoms with Gasteiger partial charge >= 0.3 is 6.03 Å². The molecule has 0 aromatic heterocycles. The molecule has 7 nitrogen and oxygen atoms in total. The van der Waals surface area contributed by atoms with Gasteiger partial charge in [0.2, 0.25) is 5.91 Å². The quantitative estimate of drug-likeness (QED) is 0.587. The first-order valence-electron chi connectivity index (χ1n) is 7.21. The molecule has 0 bridgehead atoms. The van der Waals surface area contributed by atoms with Gasteiger partial charge in [-0.05, 0) is 38.1 Å². The third-order valence-electron chi connectivity index (χ3n) is 4.27. The molecule has 2 heterocycles. The van der Waals surface area contributed by atoms with Crippen molar-refractivity contribution in [2.45, 2.75) is 31.2 Å². The minimum absolute atomic E-state index is 0.00123. The molecule has 1 atom stereocenters. The maximum absolute atomic E-state index is 12.1. The molecule has 7 heteroatoms. The Labute approximate surface area is 117 Å². The molecule has 0 radical (unpaired) electrons. The van der Waals surface area contributed by atoms with E-state index in [2.05, 4.69) is 16.0 Å². The second-order valence-corrected chi connectivity index (χ2v) is 5.98. The number of piperidine rings is 1. The van der Waals surface area contributed by atoms with Crippen molar-refractivity contribution < 1.29 is 14.4 Å². The molecule has 1 unspecified atom stereocenters. The molecule has 1 aliphatic carbocycles. The molecule has 0 aromatic carbocycles. The van der Waals surface area contributed by atoms with E-state index in [1.807, 2.05) is 0 Å². The van der Waals surface area contributed by atoms with E-state index in [9.17, 15) is 14.4 Å². The summed E-state index contributed by atoms with van der Waals surface area (Å²) in [6, 6.07) is -0.462. The van der Waals surface area contributed by atoms with Gasteiger partial charge in [-0.3, -0.25) is 14.9 Å². The number of carbonyl (C=O) groups is 3. The van der Waals surface area contributed by atoms with Crippen molar-refractivity contribution in [3.63, 3.8) is 0 Å². The van der Waals surface area contributed by atoms with E-state index < -0.39 is 11.6 Å². The highest BCUT2D eigenvalue weighted by molar-refractivity contribution is 6.07. The first kappa shape index (κ1) is 13.4. The van der Waals surface area contributed by atoms with Crippen LogP contribution in [0.25, 0.3) is 0 Å². The van der Waals surface area contributed by atoms with Crippen molar-refractivity contribution in [3.05, 3.63) is 0 Å². The zero-order valence-corrected chi connectivity index (χ0v) is 11.4. The lowest BCUT2D eigenvalue weighted by Crippen LogP contribution is -2.60. The number of hydrogen-bond donors (Lipinski definition) is 3. The van der Waals surface area contributed by atoms with Crippen LogP contribution in [0.3, 0.4) is 0 Å². The molecule has 0 aromatic rings. The van der Waals surface area contributed by atoms with Gasteiger partial charge in [-0.1, -0.05) is 0 Å². The molecule has 2 saturated heterocycles. The molecule has 110 valence electrons. The van der Waals surface area contributed by atoms with E-state index in [1.54, 1.807) is 4.90 Å². The summed E-state index contributed by atoms with van der Waals surface area (Å²) in [5.74, 6) is 0.417. The Morgan fingerprint density at radius 2 is 2.20 bits per heavy atom. The molecule has 1 saturated carbocycles. The van der Waals surface area contributed by atoms with E-state index in [-0.39, 0.29) is 18.4 Å². The summed E-state index contributed by atoms with van der Waals surface area (Å²) < 4.78 is 0. The van der Waals surface area contributed by atoms with E-state index >= 15 is 0 Å². The van der Waals surface area contributed by atoms with Crippen molar-refractivity contribution in [2.75, 3.05) is 26.2 Å². The van der Waals surface area contributed by atoms with E-state index in [4.69, 9.17) is 0 Å².